The molecule has 0 heterocycles. The van der Waals surface area contributed by atoms with Crippen LogP contribution in [0.25, 0.3) is 0 Å². The van der Waals surface area contributed by atoms with Crippen molar-refractivity contribution in [2.24, 2.45) is 0 Å². The van der Waals surface area contributed by atoms with Gasteiger partial charge in [0.2, 0.25) is 11.8 Å². The molecule has 220 valence electrons. The molecule has 2 amide bonds. The summed E-state index contributed by atoms with van der Waals surface area (Å²) >= 11 is 6.03. The van der Waals surface area contributed by atoms with E-state index in [1.165, 1.54) is 29.2 Å². The first kappa shape index (κ1) is 32.2. The lowest BCUT2D eigenvalue weighted by Crippen LogP contribution is -2.53. The van der Waals surface area contributed by atoms with E-state index in [4.69, 9.17) is 11.6 Å². The van der Waals surface area contributed by atoms with Gasteiger partial charge in [-0.05, 0) is 93.6 Å². The number of aryl methyl sites for hydroxylation is 3. The number of carbonyl (C=O) groups is 2. The second kappa shape index (κ2) is 14.0. The molecule has 0 radical (unpaired) electrons. The summed E-state index contributed by atoms with van der Waals surface area (Å²) in [6.07, 6.45) is 1.11. The van der Waals surface area contributed by atoms with E-state index >= 15 is 0 Å². The number of nitrogens with zero attached hydrogens (tertiary/aromatic N) is 2. The molecule has 2 atom stereocenters. The Hall–Kier alpha value is -3.36. The van der Waals surface area contributed by atoms with Crippen molar-refractivity contribution in [1.29, 1.82) is 0 Å². The van der Waals surface area contributed by atoms with E-state index in [1.807, 2.05) is 71.9 Å². The third-order valence-electron chi connectivity index (χ3n) is 7.28. The summed E-state index contributed by atoms with van der Waals surface area (Å²) in [5, 5.41) is 3.40. The number of anilines is 1. The molecule has 0 aliphatic carbocycles. The molecular formula is C32H40ClN3O4S. The average molecular weight is 598 g/mol. The highest BCUT2D eigenvalue weighted by molar-refractivity contribution is 7.92. The molecule has 3 aromatic carbocycles. The van der Waals surface area contributed by atoms with E-state index in [-0.39, 0.29) is 23.4 Å². The minimum Gasteiger partial charge on any atom is -0.352 e. The molecule has 1 N–H and O–H groups in total. The number of sulfonamides is 1. The Morgan fingerprint density at radius 1 is 0.902 bits per heavy atom. The fourth-order valence-electron chi connectivity index (χ4n) is 4.51. The summed E-state index contributed by atoms with van der Waals surface area (Å²) in [4.78, 5) is 29.1. The summed E-state index contributed by atoms with van der Waals surface area (Å²) in [6.45, 7) is 11.2. The van der Waals surface area contributed by atoms with Gasteiger partial charge in [0.05, 0.1) is 10.6 Å². The number of halogens is 1. The molecule has 0 aromatic heterocycles. The number of benzene rings is 3. The Bertz CT molecular complexity index is 1470. The zero-order valence-electron chi connectivity index (χ0n) is 24.6. The molecule has 0 bridgehead atoms. The van der Waals surface area contributed by atoms with Gasteiger partial charge in [-0.3, -0.25) is 13.9 Å². The van der Waals surface area contributed by atoms with Crippen LogP contribution in [0.2, 0.25) is 5.02 Å². The maximum atomic E-state index is 14.2. The van der Waals surface area contributed by atoms with Crippen molar-refractivity contribution < 1.29 is 18.0 Å². The predicted octanol–water partition coefficient (Wildman–Crippen LogP) is 6.18. The zero-order chi connectivity index (χ0) is 30.3. The Morgan fingerprint density at radius 2 is 1.59 bits per heavy atom. The van der Waals surface area contributed by atoms with E-state index < -0.39 is 28.5 Å². The fraction of sp³-hybridized carbons (Fsp3) is 0.375. The minimum atomic E-state index is -4.16. The lowest BCUT2D eigenvalue weighted by molar-refractivity contribution is -0.140. The van der Waals surface area contributed by atoms with E-state index in [0.29, 0.717) is 17.1 Å². The normalized spacial score (nSPS) is 12.9. The summed E-state index contributed by atoms with van der Waals surface area (Å²) < 4.78 is 29.1. The van der Waals surface area contributed by atoms with Gasteiger partial charge in [-0.2, -0.15) is 0 Å². The molecule has 7 nitrogen and oxygen atoms in total. The Morgan fingerprint density at radius 3 is 2.17 bits per heavy atom. The molecule has 0 unspecified atom stereocenters. The lowest BCUT2D eigenvalue weighted by atomic mass is 10.1. The molecule has 0 fully saturated rings. The van der Waals surface area contributed by atoms with Crippen LogP contribution in [0.1, 0.15) is 55.9 Å². The van der Waals surface area contributed by atoms with Gasteiger partial charge in [0.1, 0.15) is 12.6 Å². The monoisotopic (exact) mass is 597 g/mol. The van der Waals surface area contributed by atoms with Crippen molar-refractivity contribution >= 4 is 39.1 Å². The molecule has 41 heavy (non-hydrogen) atoms. The van der Waals surface area contributed by atoms with E-state index in [0.717, 1.165) is 33.0 Å². The number of hydrogen-bond acceptors (Lipinski definition) is 4. The van der Waals surface area contributed by atoms with Crippen molar-refractivity contribution in [2.45, 2.75) is 77.9 Å². The van der Waals surface area contributed by atoms with Gasteiger partial charge < -0.3 is 10.2 Å². The first-order valence-electron chi connectivity index (χ1n) is 13.9. The minimum absolute atomic E-state index is 0.0136. The largest absolute Gasteiger partial charge is 0.352 e. The van der Waals surface area contributed by atoms with E-state index in [1.54, 1.807) is 12.1 Å². The number of rotatable bonds is 12. The summed E-state index contributed by atoms with van der Waals surface area (Å²) in [6, 6.07) is 18.0. The van der Waals surface area contributed by atoms with Crippen LogP contribution in [0, 0.1) is 20.8 Å². The third kappa shape index (κ3) is 8.11. The molecule has 0 aliphatic rings. The third-order valence-corrected chi connectivity index (χ3v) is 9.32. The van der Waals surface area contributed by atoms with Crippen LogP contribution in [0.5, 0.6) is 0 Å². The molecule has 0 saturated heterocycles. The molecule has 3 rings (SSSR count). The van der Waals surface area contributed by atoms with Crippen molar-refractivity contribution in [3.05, 3.63) is 94.0 Å². The number of amides is 2. The van der Waals surface area contributed by atoms with Gasteiger partial charge in [0.25, 0.3) is 10.0 Å². The Balaban J connectivity index is 2.09. The van der Waals surface area contributed by atoms with Gasteiger partial charge in [-0.1, -0.05) is 61.3 Å². The highest BCUT2D eigenvalue weighted by Gasteiger charge is 2.34. The topological polar surface area (TPSA) is 86.8 Å². The van der Waals surface area contributed by atoms with Crippen molar-refractivity contribution in [3.8, 4) is 0 Å². The van der Waals surface area contributed by atoms with Gasteiger partial charge >= 0.3 is 0 Å². The maximum absolute atomic E-state index is 14.2. The second-order valence-electron chi connectivity index (χ2n) is 10.5. The van der Waals surface area contributed by atoms with Gasteiger partial charge in [0.15, 0.2) is 0 Å². The molecule has 3 aromatic rings. The van der Waals surface area contributed by atoms with Crippen molar-refractivity contribution in [3.63, 3.8) is 0 Å². The highest BCUT2D eigenvalue weighted by Crippen LogP contribution is 2.27. The van der Waals surface area contributed by atoms with Crippen LogP contribution in [0.3, 0.4) is 0 Å². The van der Waals surface area contributed by atoms with E-state index in [9.17, 15) is 18.0 Å². The maximum Gasteiger partial charge on any atom is 0.264 e. The molecule has 0 aliphatic heterocycles. The van der Waals surface area contributed by atoms with Crippen molar-refractivity contribution in [2.75, 3.05) is 10.8 Å². The fourth-order valence-corrected chi connectivity index (χ4v) is 6.04. The highest BCUT2D eigenvalue weighted by atomic mass is 35.5. The lowest BCUT2D eigenvalue weighted by Gasteiger charge is -2.34. The van der Waals surface area contributed by atoms with Gasteiger partial charge in [0, 0.05) is 17.6 Å². The Kier molecular flexibility index (Phi) is 11.0. The van der Waals surface area contributed by atoms with Crippen LogP contribution < -0.4 is 9.62 Å². The zero-order valence-corrected chi connectivity index (χ0v) is 26.2. The van der Waals surface area contributed by atoms with Crippen LogP contribution >= 0.6 is 11.6 Å². The number of nitrogens with one attached hydrogen (secondary N) is 1. The molecule has 0 spiro atoms. The Labute approximate surface area is 249 Å². The summed E-state index contributed by atoms with van der Waals surface area (Å²) in [5.74, 6) is -0.741. The van der Waals surface area contributed by atoms with Crippen LogP contribution in [-0.4, -0.2) is 43.8 Å². The van der Waals surface area contributed by atoms with Crippen LogP contribution in [-0.2, 0) is 26.2 Å². The van der Waals surface area contributed by atoms with Crippen molar-refractivity contribution in [1.82, 2.24) is 10.2 Å². The SMILES string of the molecule is CC[C@@H](C)NC(=O)[C@@H](CC)N(Cc1cccc(C)c1)C(=O)CN(c1ccc(C)c(C)c1)S(=O)(=O)c1ccc(Cl)cc1. The standard InChI is InChI=1S/C32H40ClN3O4S/c1-7-25(6)34-32(38)30(8-2)35(20-26-11-9-10-22(3)18-26)31(37)21-36(28-15-12-23(4)24(5)19-28)41(39,40)29-16-13-27(33)14-17-29/h9-19,25,30H,7-8,20-21H2,1-6H3,(H,34,38)/t25-,30-/m1/s1. The first-order valence-corrected chi connectivity index (χ1v) is 15.7. The van der Waals surface area contributed by atoms with E-state index in [2.05, 4.69) is 5.32 Å². The quantitative estimate of drug-likeness (QED) is 0.270. The number of carbonyl (C=O) groups excluding carboxylic acids is 2. The van der Waals surface area contributed by atoms with Crippen LogP contribution in [0.15, 0.2) is 71.6 Å². The second-order valence-corrected chi connectivity index (χ2v) is 12.8. The van der Waals surface area contributed by atoms with Gasteiger partial charge in [-0.15, -0.1) is 0 Å². The summed E-state index contributed by atoms with van der Waals surface area (Å²) in [5.41, 5.74) is 4.13. The molecular weight excluding hydrogens is 558 g/mol. The average Bonchev–Trinajstić information content (AvgIpc) is 2.93. The van der Waals surface area contributed by atoms with Crippen LogP contribution in [0.4, 0.5) is 5.69 Å². The smallest absolute Gasteiger partial charge is 0.264 e. The first-order chi connectivity index (χ1) is 19.4. The summed E-state index contributed by atoms with van der Waals surface area (Å²) in [7, 11) is -4.16. The number of hydrogen-bond donors (Lipinski definition) is 1. The molecule has 9 heteroatoms. The molecule has 0 saturated carbocycles. The van der Waals surface area contributed by atoms with Gasteiger partial charge in [-0.25, -0.2) is 8.42 Å². The predicted molar refractivity (Wildman–Crippen MR) is 166 cm³/mol.